The summed E-state index contributed by atoms with van der Waals surface area (Å²) in [6.45, 7) is 0.666. The number of nitrogen functional groups attached to an aromatic ring is 1. The van der Waals surface area contributed by atoms with Gasteiger partial charge in [0.25, 0.3) is 5.91 Å². The lowest BCUT2D eigenvalue weighted by molar-refractivity contribution is -0.124. The van der Waals surface area contributed by atoms with Crippen molar-refractivity contribution in [2.24, 2.45) is 0 Å². The van der Waals surface area contributed by atoms with E-state index in [1.165, 1.54) is 6.07 Å². The molecule has 2 rings (SSSR count). The maximum absolute atomic E-state index is 11.9. The highest BCUT2D eigenvalue weighted by Crippen LogP contribution is 2.19. The number of anilines is 1. The van der Waals surface area contributed by atoms with Crippen LogP contribution in [0.1, 0.15) is 23.2 Å². The van der Waals surface area contributed by atoms with E-state index in [4.69, 9.17) is 17.3 Å². The highest BCUT2D eigenvalue weighted by molar-refractivity contribution is 6.33. The van der Waals surface area contributed by atoms with Crippen molar-refractivity contribution in [2.45, 2.75) is 18.9 Å². The van der Waals surface area contributed by atoms with Crippen LogP contribution < -0.4 is 16.4 Å². The molecule has 2 amide bonds. The third-order valence-electron chi connectivity index (χ3n) is 2.85. The molecule has 1 atom stereocenters. The number of halogens is 1. The molecule has 1 fully saturated rings. The average Bonchev–Trinajstić information content (AvgIpc) is 2.35. The molecule has 0 radical (unpaired) electrons. The molecular formula is C12H14ClN3O2. The summed E-state index contributed by atoms with van der Waals surface area (Å²) in [6.07, 6.45) is 1.51. The normalized spacial score (nSPS) is 19.2. The van der Waals surface area contributed by atoms with Gasteiger partial charge in [-0.05, 0) is 31.0 Å². The summed E-state index contributed by atoms with van der Waals surface area (Å²) in [6, 6.07) is 4.17. The number of piperidine rings is 1. The van der Waals surface area contributed by atoms with Gasteiger partial charge in [-0.3, -0.25) is 9.59 Å². The first kappa shape index (κ1) is 12.7. The van der Waals surface area contributed by atoms with E-state index in [2.05, 4.69) is 10.6 Å². The van der Waals surface area contributed by atoms with Gasteiger partial charge in [0, 0.05) is 12.1 Å². The number of amides is 2. The Hall–Kier alpha value is -1.75. The summed E-state index contributed by atoms with van der Waals surface area (Å²) in [5.41, 5.74) is 6.38. The molecule has 1 aromatic carbocycles. The largest absolute Gasteiger partial charge is 0.398 e. The maximum atomic E-state index is 11.9. The van der Waals surface area contributed by atoms with Gasteiger partial charge in [-0.1, -0.05) is 11.6 Å². The fraction of sp³-hybridized carbons (Fsp3) is 0.333. The SMILES string of the molecule is Nc1ccc(C(=O)NC2CCCNC2=O)cc1Cl. The molecule has 0 bridgehead atoms. The van der Waals surface area contributed by atoms with Crippen LogP contribution in [0, 0.1) is 0 Å². The van der Waals surface area contributed by atoms with Gasteiger partial charge in [-0.2, -0.15) is 0 Å². The number of hydrogen-bond acceptors (Lipinski definition) is 3. The van der Waals surface area contributed by atoms with Crippen LogP contribution in [-0.2, 0) is 4.79 Å². The van der Waals surface area contributed by atoms with Gasteiger partial charge in [0.2, 0.25) is 5.91 Å². The van der Waals surface area contributed by atoms with Crippen LogP contribution in [-0.4, -0.2) is 24.4 Å². The minimum atomic E-state index is -0.470. The van der Waals surface area contributed by atoms with Crippen LogP contribution in [0.25, 0.3) is 0 Å². The Balaban J connectivity index is 2.07. The van der Waals surface area contributed by atoms with Gasteiger partial charge < -0.3 is 16.4 Å². The second-order valence-corrected chi connectivity index (χ2v) is 4.60. The number of hydrogen-bond donors (Lipinski definition) is 3. The van der Waals surface area contributed by atoms with Gasteiger partial charge in [0.1, 0.15) is 6.04 Å². The van der Waals surface area contributed by atoms with Crippen LogP contribution in [0.4, 0.5) is 5.69 Å². The average molecular weight is 268 g/mol. The van der Waals surface area contributed by atoms with E-state index in [0.29, 0.717) is 29.2 Å². The summed E-state index contributed by atoms with van der Waals surface area (Å²) >= 11 is 5.85. The highest BCUT2D eigenvalue weighted by Gasteiger charge is 2.24. The van der Waals surface area contributed by atoms with E-state index in [0.717, 1.165) is 6.42 Å². The monoisotopic (exact) mass is 267 g/mol. The second-order valence-electron chi connectivity index (χ2n) is 4.20. The van der Waals surface area contributed by atoms with Crippen LogP contribution in [0.2, 0.25) is 5.02 Å². The molecule has 18 heavy (non-hydrogen) atoms. The minimum Gasteiger partial charge on any atom is -0.398 e. The number of nitrogens with one attached hydrogen (secondary N) is 2. The molecule has 96 valence electrons. The van der Waals surface area contributed by atoms with Gasteiger partial charge in [0.15, 0.2) is 0 Å². The summed E-state index contributed by atoms with van der Waals surface area (Å²) in [4.78, 5) is 23.4. The minimum absolute atomic E-state index is 0.142. The Morgan fingerprint density at radius 3 is 2.94 bits per heavy atom. The smallest absolute Gasteiger partial charge is 0.251 e. The molecule has 0 spiro atoms. The van der Waals surface area contributed by atoms with E-state index in [1.807, 2.05) is 0 Å². The Bertz CT molecular complexity index is 490. The molecule has 1 heterocycles. The Kier molecular flexibility index (Phi) is 3.72. The van der Waals surface area contributed by atoms with Crippen molar-refractivity contribution in [3.05, 3.63) is 28.8 Å². The summed E-state index contributed by atoms with van der Waals surface area (Å²) in [5, 5.41) is 5.72. The van der Waals surface area contributed by atoms with Crippen molar-refractivity contribution < 1.29 is 9.59 Å². The van der Waals surface area contributed by atoms with E-state index < -0.39 is 6.04 Å². The summed E-state index contributed by atoms with van der Waals surface area (Å²) in [5.74, 6) is -0.463. The Labute approximate surface area is 110 Å². The van der Waals surface area contributed by atoms with Crippen molar-refractivity contribution in [3.8, 4) is 0 Å². The van der Waals surface area contributed by atoms with Gasteiger partial charge in [-0.25, -0.2) is 0 Å². The zero-order valence-electron chi connectivity index (χ0n) is 9.70. The van der Waals surface area contributed by atoms with Gasteiger partial charge in [-0.15, -0.1) is 0 Å². The van der Waals surface area contributed by atoms with Gasteiger partial charge >= 0.3 is 0 Å². The highest BCUT2D eigenvalue weighted by atomic mass is 35.5. The lowest BCUT2D eigenvalue weighted by atomic mass is 10.1. The molecule has 5 nitrogen and oxygen atoms in total. The van der Waals surface area contributed by atoms with Crippen molar-refractivity contribution in [1.29, 1.82) is 0 Å². The molecule has 1 aromatic rings. The van der Waals surface area contributed by atoms with Crippen molar-refractivity contribution in [2.75, 3.05) is 12.3 Å². The third kappa shape index (κ3) is 2.73. The molecule has 1 aliphatic heterocycles. The zero-order valence-corrected chi connectivity index (χ0v) is 10.5. The van der Waals surface area contributed by atoms with E-state index in [9.17, 15) is 9.59 Å². The second kappa shape index (κ2) is 5.27. The summed E-state index contributed by atoms with van der Waals surface area (Å²) < 4.78 is 0. The van der Waals surface area contributed by atoms with E-state index in [1.54, 1.807) is 12.1 Å². The molecule has 0 aliphatic carbocycles. The van der Waals surface area contributed by atoms with Crippen LogP contribution in [0.5, 0.6) is 0 Å². The molecular weight excluding hydrogens is 254 g/mol. The molecule has 1 unspecified atom stereocenters. The van der Waals surface area contributed by atoms with E-state index >= 15 is 0 Å². The number of carbonyl (C=O) groups is 2. The summed E-state index contributed by atoms with van der Waals surface area (Å²) in [7, 11) is 0. The first-order chi connectivity index (χ1) is 8.58. The molecule has 0 aromatic heterocycles. The number of benzene rings is 1. The number of carbonyl (C=O) groups excluding carboxylic acids is 2. The van der Waals surface area contributed by atoms with E-state index in [-0.39, 0.29) is 11.8 Å². The molecule has 1 saturated heterocycles. The fourth-order valence-corrected chi connectivity index (χ4v) is 2.00. The predicted octanol–water partition coefficient (Wildman–Crippen LogP) is 0.931. The third-order valence-corrected chi connectivity index (χ3v) is 3.18. The number of nitrogens with two attached hydrogens (primary N) is 1. The maximum Gasteiger partial charge on any atom is 0.251 e. The van der Waals surface area contributed by atoms with Gasteiger partial charge in [0.05, 0.1) is 10.7 Å². The van der Waals surface area contributed by atoms with Crippen molar-refractivity contribution in [1.82, 2.24) is 10.6 Å². The molecule has 0 saturated carbocycles. The zero-order chi connectivity index (χ0) is 13.1. The van der Waals surface area contributed by atoms with Crippen molar-refractivity contribution in [3.63, 3.8) is 0 Å². The van der Waals surface area contributed by atoms with Crippen LogP contribution in [0.15, 0.2) is 18.2 Å². The lowest BCUT2D eigenvalue weighted by Gasteiger charge is -2.22. The lowest BCUT2D eigenvalue weighted by Crippen LogP contribution is -2.50. The molecule has 6 heteroatoms. The first-order valence-electron chi connectivity index (χ1n) is 5.71. The molecule has 4 N–H and O–H groups in total. The number of rotatable bonds is 2. The Morgan fingerprint density at radius 1 is 1.50 bits per heavy atom. The van der Waals surface area contributed by atoms with Crippen LogP contribution >= 0.6 is 11.6 Å². The fourth-order valence-electron chi connectivity index (χ4n) is 1.82. The van der Waals surface area contributed by atoms with Crippen molar-refractivity contribution >= 4 is 29.1 Å². The predicted molar refractivity (Wildman–Crippen MR) is 69.4 cm³/mol. The topological polar surface area (TPSA) is 84.2 Å². The standard InChI is InChI=1S/C12H14ClN3O2/c13-8-6-7(3-4-9(8)14)11(17)16-10-2-1-5-15-12(10)18/h3-4,6,10H,1-2,5,14H2,(H,15,18)(H,16,17). The molecule has 1 aliphatic rings. The quantitative estimate of drug-likeness (QED) is 0.697. The Morgan fingerprint density at radius 2 is 2.28 bits per heavy atom. The first-order valence-corrected chi connectivity index (χ1v) is 6.09. The van der Waals surface area contributed by atoms with Crippen LogP contribution in [0.3, 0.4) is 0 Å².